The van der Waals surface area contributed by atoms with Crippen molar-refractivity contribution in [1.82, 2.24) is 20.9 Å². The first-order valence-corrected chi connectivity index (χ1v) is 19.6. The third kappa shape index (κ3) is 10.9. The molecule has 0 bridgehead atoms. The molecule has 1 aromatic heterocycles. The molecule has 3 atom stereocenters. The Hall–Kier alpha value is -4.66. The van der Waals surface area contributed by atoms with E-state index >= 15 is 0 Å². The van der Waals surface area contributed by atoms with Gasteiger partial charge in [-0.2, -0.15) is 0 Å². The Balaban J connectivity index is 1.61. The fraction of sp³-hybridized carbons (Fsp3) is 0.333. The largest absolute Gasteiger partial charge is 0.390 e. The van der Waals surface area contributed by atoms with Gasteiger partial charge in [0.25, 0.3) is 11.8 Å². The van der Waals surface area contributed by atoms with E-state index in [0.717, 1.165) is 11.6 Å². The summed E-state index contributed by atoms with van der Waals surface area (Å²) in [4.78, 5) is 44.2. The van der Waals surface area contributed by atoms with Crippen molar-refractivity contribution in [3.8, 4) is 0 Å². The van der Waals surface area contributed by atoms with E-state index in [-0.39, 0.29) is 29.0 Å². The normalized spacial score (nSPS) is 13.9. The lowest BCUT2D eigenvalue weighted by molar-refractivity contribution is -0.124. The minimum absolute atomic E-state index is 0.00184. The van der Waals surface area contributed by atoms with Crippen molar-refractivity contribution in [3.05, 3.63) is 108 Å². The quantitative estimate of drug-likeness (QED) is 0.152. The van der Waals surface area contributed by atoms with Crippen LogP contribution in [0.4, 0.5) is 0 Å². The zero-order valence-electron chi connectivity index (χ0n) is 28.3. The van der Waals surface area contributed by atoms with Gasteiger partial charge in [-0.05, 0) is 63.4 Å². The fourth-order valence-corrected chi connectivity index (χ4v) is 7.53. The summed E-state index contributed by atoms with van der Waals surface area (Å²) in [7, 11) is -7.87. The van der Waals surface area contributed by atoms with Gasteiger partial charge in [-0.1, -0.05) is 66.7 Å². The van der Waals surface area contributed by atoms with Crippen LogP contribution < -0.4 is 16.0 Å². The molecule has 1 heterocycles. The number of sulfone groups is 2. The second-order valence-corrected chi connectivity index (χ2v) is 17.5. The van der Waals surface area contributed by atoms with Crippen molar-refractivity contribution in [2.45, 2.75) is 62.2 Å². The molecule has 3 amide bonds. The standard InChI is InChI=1S/C36H42N4O8S2/c1-36(2,3)40-33(42)26-15-9-11-17-32(26)50(47,48)23-31(41)30(22-24-12-6-5-7-13-24)39-35(44)29(20-21-49(4,45)46)38-34(43)28-19-18-25-14-8-10-16-27(25)37-28/h5-19,29-31,41H,20-23H2,1-4H3,(H,38,43)(H,39,44)(H,40,42)/t29-,30-,31-/m0/s1. The summed E-state index contributed by atoms with van der Waals surface area (Å²) in [5.74, 6) is -3.45. The van der Waals surface area contributed by atoms with Crippen LogP contribution in [0.25, 0.3) is 10.9 Å². The highest BCUT2D eigenvalue weighted by molar-refractivity contribution is 7.91. The number of nitrogens with zero attached hydrogens (tertiary/aromatic N) is 1. The number of pyridine rings is 1. The number of aliphatic hydroxyl groups is 1. The zero-order chi connectivity index (χ0) is 36.7. The molecule has 0 saturated heterocycles. The van der Waals surface area contributed by atoms with Crippen LogP contribution in [0.5, 0.6) is 0 Å². The van der Waals surface area contributed by atoms with Crippen molar-refractivity contribution in [3.63, 3.8) is 0 Å². The van der Waals surface area contributed by atoms with Crippen LogP contribution in [0.1, 0.15) is 53.6 Å². The first kappa shape index (κ1) is 38.1. The molecule has 3 aromatic carbocycles. The third-order valence-electron chi connectivity index (χ3n) is 7.67. The van der Waals surface area contributed by atoms with Gasteiger partial charge in [-0.15, -0.1) is 0 Å². The monoisotopic (exact) mass is 722 g/mol. The molecule has 4 aromatic rings. The van der Waals surface area contributed by atoms with Crippen molar-refractivity contribution >= 4 is 48.3 Å². The van der Waals surface area contributed by atoms with Crippen LogP contribution >= 0.6 is 0 Å². The highest BCUT2D eigenvalue weighted by Gasteiger charge is 2.33. The summed E-state index contributed by atoms with van der Waals surface area (Å²) in [5, 5.41) is 20.2. The molecular weight excluding hydrogens is 681 g/mol. The lowest BCUT2D eigenvalue weighted by Gasteiger charge is -2.27. The Labute approximate surface area is 292 Å². The van der Waals surface area contributed by atoms with Gasteiger partial charge in [0, 0.05) is 17.2 Å². The van der Waals surface area contributed by atoms with Crippen LogP contribution in [0.3, 0.4) is 0 Å². The van der Waals surface area contributed by atoms with Gasteiger partial charge < -0.3 is 21.1 Å². The molecule has 12 nitrogen and oxygen atoms in total. The van der Waals surface area contributed by atoms with E-state index < -0.39 is 72.6 Å². The van der Waals surface area contributed by atoms with Gasteiger partial charge in [0.2, 0.25) is 5.91 Å². The highest BCUT2D eigenvalue weighted by Crippen LogP contribution is 2.21. The van der Waals surface area contributed by atoms with Crippen molar-refractivity contribution in [1.29, 1.82) is 0 Å². The Morgan fingerprint density at radius 3 is 2.12 bits per heavy atom. The number of fused-ring (bicyclic) bond motifs is 1. The number of carbonyl (C=O) groups is 3. The summed E-state index contributed by atoms with van der Waals surface area (Å²) in [5.41, 5.74) is 0.468. The van der Waals surface area contributed by atoms with E-state index in [1.54, 1.807) is 69.3 Å². The Morgan fingerprint density at radius 1 is 0.800 bits per heavy atom. The average Bonchev–Trinajstić information content (AvgIpc) is 3.05. The van der Waals surface area contributed by atoms with Crippen molar-refractivity contribution in [2.24, 2.45) is 0 Å². The molecular formula is C36H42N4O8S2. The number of aromatic nitrogens is 1. The highest BCUT2D eigenvalue weighted by atomic mass is 32.2. The maximum Gasteiger partial charge on any atom is 0.270 e. The number of aliphatic hydroxyl groups excluding tert-OH is 1. The Kier molecular flexibility index (Phi) is 12.1. The number of benzene rings is 3. The smallest absolute Gasteiger partial charge is 0.270 e. The SMILES string of the molecule is CC(C)(C)NC(=O)c1ccccc1S(=O)(=O)C[C@H](O)[C@H](Cc1ccccc1)NC(=O)[C@H](CCS(C)(=O)=O)NC(=O)c1ccc2ccccc2n1. The van der Waals surface area contributed by atoms with Crippen LogP contribution in [-0.2, 0) is 30.9 Å². The van der Waals surface area contributed by atoms with Gasteiger partial charge in [-0.3, -0.25) is 14.4 Å². The van der Waals surface area contributed by atoms with E-state index in [4.69, 9.17) is 0 Å². The number of hydrogen-bond donors (Lipinski definition) is 4. The fourth-order valence-electron chi connectivity index (χ4n) is 5.22. The first-order valence-electron chi connectivity index (χ1n) is 15.9. The van der Waals surface area contributed by atoms with E-state index in [1.165, 1.54) is 30.3 Å². The van der Waals surface area contributed by atoms with E-state index in [0.29, 0.717) is 11.1 Å². The van der Waals surface area contributed by atoms with Gasteiger partial charge in [0.05, 0.1) is 39.6 Å². The molecule has 0 aliphatic rings. The van der Waals surface area contributed by atoms with E-state index in [9.17, 15) is 36.3 Å². The van der Waals surface area contributed by atoms with Crippen LogP contribution in [0.2, 0.25) is 0 Å². The number of carbonyl (C=O) groups excluding carboxylic acids is 3. The first-order chi connectivity index (χ1) is 23.4. The molecule has 0 aliphatic carbocycles. The summed E-state index contributed by atoms with van der Waals surface area (Å²) in [6.07, 6.45) is -0.987. The minimum atomic E-state index is -4.31. The third-order valence-corrected chi connectivity index (χ3v) is 10.4. The van der Waals surface area contributed by atoms with Crippen molar-refractivity contribution in [2.75, 3.05) is 17.8 Å². The second-order valence-electron chi connectivity index (χ2n) is 13.2. The molecule has 4 rings (SSSR count). The Morgan fingerprint density at radius 2 is 1.44 bits per heavy atom. The summed E-state index contributed by atoms with van der Waals surface area (Å²) < 4.78 is 51.6. The summed E-state index contributed by atoms with van der Waals surface area (Å²) in [6, 6.07) is 22.1. The molecule has 0 fully saturated rings. The number of amides is 3. The lowest BCUT2D eigenvalue weighted by atomic mass is 10.0. The molecule has 50 heavy (non-hydrogen) atoms. The molecule has 4 N–H and O–H groups in total. The number of rotatable bonds is 14. The van der Waals surface area contributed by atoms with Crippen LogP contribution in [0, 0.1) is 0 Å². The predicted octanol–water partition coefficient (Wildman–Crippen LogP) is 2.86. The molecule has 266 valence electrons. The summed E-state index contributed by atoms with van der Waals surface area (Å²) >= 11 is 0. The van der Waals surface area contributed by atoms with Gasteiger partial charge >= 0.3 is 0 Å². The van der Waals surface area contributed by atoms with Crippen LogP contribution in [0.15, 0.2) is 95.9 Å². The van der Waals surface area contributed by atoms with Gasteiger partial charge in [-0.25, -0.2) is 21.8 Å². The Bertz CT molecular complexity index is 2060. The maximum atomic E-state index is 13.8. The van der Waals surface area contributed by atoms with Crippen molar-refractivity contribution < 1.29 is 36.3 Å². The maximum absolute atomic E-state index is 13.8. The molecule has 0 radical (unpaired) electrons. The zero-order valence-corrected chi connectivity index (χ0v) is 29.9. The van der Waals surface area contributed by atoms with Gasteiger partial charge in [0.1, 0.15) is 21.6 Å². The molecule has 14 heteroatoms. The number of para-hydroxylation sites is 1. The lowest BCUT2D eigenvalue weighted by Crippen LogP contribution is -2.54. The molecule has 0 spiro atoms. The minimum Gasteiger partial charge on any atom is -0.390 e. The molecule has 0 saturated carbocycles. The molecule has 0 unspecified atom stereocenters. The van der Waals surface area contributed by atoms with Crippen LogP contribution in [-0.4, -0.2) is 86.1 Å². The number of hydrogen-bond acceptors (Lipinski definition) is 9. The predicted molar refractivity (Wildman–Crippen MR) is 191 cm³/mol. The molecule has 0 aliphatic heterocycles. The van der Waals surface area contributed by atoms with E-state index in [1.807, 2.05) is 12.1 Å². The topological polar surface area (TPSA) is 189 Å². The summed E-state index contributed by atoms with van der Waals surface area (Å²) in [6.45, 7) is 5.27. The van der Waals surface area contributed by atoms with E-state index in [2.05, 4.69) is 20.9 Å². The average molecular weight is 723 g/mol. The second kappa shape index (κ2) is 15.9. The number of nitrogens with one attached hydrogen (secondary N) is 3. The van der Waals surface area contributed by atoms with Gasteiger partial charge in [0.15, 0.2) is 9.84 Å².